The Morgan fingerprint density at radius 3 is 2.81 bits per heavy atom. The lowest BCUT2D eigenvalue weighted by atomic mass is 10.1. The number of benzene rings is 1. The molecule has 1 aliphatic rings. The molecule has 110 valence electrons. The van der Waals surface area contributed by atoms with E-state index < -0.39 is 0 Å². The molecule has 2 aromatic rings. The van der Waals surface area contributed by atoms with Crippen LogP contribution in [0.3, 0.4) is 0 Å². The fourth-order valence-electron chi connectivity index (χ4n) is 2.71. The topological polar surface area (TPSA) is 54.4 Å². The van der Waals surface area contributed by atoms with Crippen LogP contribution in [0.25, 0.3) is 0 Å². The average molecular weight is 284 g/mol. The second kappa shape index (κ2) is 6.48. The minimum atomic E-state index is 0.192. The number of phenols is 1. The van der Waals surface area contributed by atoms with Crippen molar-refractivity contribution in [3.8, 4) is 11.5 Å². The molecule has 1 saturated carbocycles. The van der Waals surface area contributed by atoms with E-state index >= 15 is 0 Å². The minimum absolute atomic E-state index is 0.192. The summed E-state index contributed by atoms with van der Waals surface area (Å²) in [6.07, 6.45) is 6.83. The molecule has 4 heteroatoms. The number of pyridine rings is 1. The number of aromatic nitrogens is 1. The van der Waals surface area contributed by atoms with Crippen molar-refractivity contribution in [1.82, 2.24) is 4.98 Å². The van der Waals surface area contributed by atoms with Crippen molar-refractivity contribution in [2.24, 2.45) is 5.92 Å². The number of hydrogen-bond donors (Lipinski definition) is 2. The molecule has 1 aliphatic carbocycles. The zero-order valence-electron chi connectivity index (χ0n) is 12.0. The van der Waals surface area contributed by atoms with Gasteiger partial charge in [0, 0.05) is 30.1 Å². The molecule has 3 rings (SSSR count). The largest absolute Gasteiger partial charge is 0.508 e. The maximum absolute atomic E-state index is 9.82. The Hall–Kier alpha value is -2.23. The van der Waals surface area contributed by atoms with E-state index in [4.69, 9.17) is 4.74 Å². The first kappa shape index (κ1) is 13.7. The summed E-state index contributed by atoms with van der Waals surface area (Å²) in [5.41, 5.74) is 0.773. The van der Waals surface area contributed by atoms with Gasteiger partial charge in [-0.1, -0.05) is 18.9 Å². The number of aromatic hydroxyl groups is 1. The van der Waals surface area contributed by atoms with Crippen LogP contribution in [0.5, 0.6) is 11.5 Å². The fraction of sp³-hybridized carbons (Fsp3) is 0.353. The Morgan fingerprint density at radius 2 is 2.05 bits per heavy atom. The van der Waals surface area contributed by atoms with Crippen LogP contribution in [0.4, 0.5) is 11.5 Å². The van der Waals surface area contributed by atoms with Gasteiger partial charge < -0.3 is 15.2 Å². The standard InChI is InChI=1S/C17H20N2O2/c20-15-9-14(19-17-7-3-4-8-18-17)10-16(11-15)21-12-13-5-1-2-6-13/h3-4,7-11,13,20H,1-2,5-6,12H2,(H,18,19). The molecule has 2 N–H and O–H groups in total. The zero-order chi connectivity index (χ0) is 14.5. The third kappa shape index (κ3) is 3.88. The molecule has 1 aromatic heterocycles. The molecule has 0 spiro atoms. The number of phenolic OH excluding ortho intramolecular Hbond substituents is 1. The molecule has 0 unspecified atom stereocenters. The Morgan fingerprint density at radius 1 is 1.19 bits per heavy atom. The van der Waals surface area contributed by atoms with E-state index in [-0.39, 0.29) is 5.75 Å². The van der Waals surface area contributed by atoms with Crippen molar-refractivity contribution >= 4 is 11.5 Å². The molecule has 0 amide bonds. The van der Waals surface area contributed by atoms with E-state index in [2.05, 4.69) is 10.3 Å². The highest BCUT2D eigenvalue weighted by Crippen LogP contribution is 2.29. The number of anilines is 2. The number of nitrogens with one attached hydrogen (secondary N) is 1. The van der Waals surface area contributed by atoms with E-state index in [1.165, 1.54) is 25.7 Å². The van der Waals surface area contributed by atoms with Crippen LogP contribution in [-0.2, 0) is 0 Å². The summed E-state index contributed by atoms with van der Waals surface area (Å²) in [6, 6.07) is 10.9. The predicted molar refractivity (Wildman–Crippen MR) is 83.1 cm³/mol. The minimum Gasteiger partial charge on any atom is -0.508 e. The first-order valence-corrected chi connectivity index (χ1v) is 7.44. The van der Waals surface area contributed by atoms with Gasteiger partial charge in [-0.3, -0.25) is 0 Å². The lowest BCUT2D eigenvalue weighted by Crippen LogP contribution is -2.08. The monoisotopic (exact) mass is 284 g/mol. The van der Waals surface area contributed by atoms with Crippen LogP contribution >= 0.6 is 0 Å². The van der Waals surface area contributed by atoms with Gasteiger partial charge in [-0.15, -0.1) is 0 Å². The van der Waals surface area contributed by atoms with E-state index in [1.54, 1.807) is 18.3 Å². The van der Waals surface area contributed by atoms with Crippen molar-refractivity contribution < 1.29 is 9.84 Å². The Balaban J connectivity index is 1.67. The van der Waals surface area contributed by atoms with Gasteiger partial charge >= 0.3 is 0 Å². The predicted octanol–water partition coefficient (Wildman–Crippen LogP) is 4.10. The number of hydrogen-bond acceptors (Lipinski definition) is 4. The van der Waals surface area contributed by atoms with Gasteiger partial charge in [0.25, 0.3) is 0 Å². The second-order valence-corrected chi connectivity index (χ2v) is 5.52. The highest BCUT2D eigenvalue weighted by molar-refractivity contribution is 5.60. The van der Waals surface area contributed by atoms with Gasteiger partial charge in [-0.05, 0) is 30.9 Å². The highest BCUT2D eigenvalue weighted by atomic mass is 16.5. The lowest BCUT2D eigenvalue weighted by molar-refractivity contribution is 0.251. The van der Waals surface area contributed by atoms with E-state index in [9.17, 15) is 5.11 Å². The van der Waals surface area contributed by atoms with Gasteiger partial charge in [0.15, 0.2) is 0 Å². The first-order valence-electron chi connectivity index (χ1n) is 7.44. The van der Waals surface area contributed by atoms with Crippen molar-refractivity contribution in [2.75, 3.05) is 11.9 Å². The van der Waals surface area contributed by atoms with E-state index in [0.29, 0.717) is 11.7 Å². The number of rotatable bonds is 5. The van der Waals surface area contributed by atoms with Crippen molar-refractivity contribution in [1.29, 1.82) is 0 Å². The summed E-state index contributed by atoms with van der Waals surface area (Å²) in [5.74, 6) is 2.28. The molecular formula is C17H20N2O2. The first-order chi connectivity index (χ1) is 10.3. The SMILES string of the molecule is Oc1cc(Nc2ccccn2)cc(OCC2CCCC2)c1. The molecule has 1 heterocycles. The van der Waals surface area contributed by atoms with Crippen LogP contribution < -0.4 is 10.1 Å². The van der Waals surface area contributed by atoms with Crippen molar-refractivity contribution in [3.63, 3.8) is 0 Å². The molecule has 1 aromatic carbocycles. The third-order valence-corrected chi connectivity index (χ3v) is 3.79. The van der Waals surface area contributed by atoms with E-state index in [0.717, 1.165) is 18.1 Å². The van der Waals surface area contributed by atoms with Gasteiger partial charge in [0.1, 0.15) is 17.3 Å². The molecule has 1 fully saturated rings. The molecule has 0 bridgehead atoms. The third-order valence-electron chi connectivity index (χ3n) is 3.79. The zero-order valence-corrected chi connectivity index (χ0v) is 12.0. The summed E-state index contributed by atoms with van der Waals surface area (Å²) < 4.78 is 5.83. The van der Waals surface area contributed by atoms with E-state index in [1.807, 2.05) is 24.3 Å². The fourth-order valence-corrected chi connectivity index (χ4v) is 2.71. The summed E-state index contributed by atoms with van der Waals surface area (Å²) in [4.78, 5) is 4.21. The maximum atomic E-state index is 9.82. The average Bonchev–Trinajstić information content (AvgIpc) is 2.99. The normalized spacial score (nSPS) is 15.0. The molecule has 0 atom stereocenters. The van der Waals surface area contributed by atoms with Crippen LogP contribution in [-0.4, -0.2) is 16.7 Å². The number of ether oxygens (including phenoxy) is 1. The summed E-state index contributed by atoms with van der Waals surface area (Å²) in [5, 5.41) is 13.0. The molecular weight excluding hydrogens is 264 g/mol. The maximum Gasteiger partial charge on any atom is 0.130 e. The van der Waals surface area contributed by atoms with Crippen LogP contribution in [0.1, 0.15) is 25.7 Å². The van der Waals surface area contributed by atoms with Crippen molar-refractivity contribution in [2.45, 2.75) is 25.7 Å². The van der Waals surface area contributed by atoms with Crippen molar-refractivity contribution in [3.05, 3.63) is 42.6 Å². The second-order valence-electron chi connectivity index (χ2n) is 5.52. The Bertz CT molecular complexity index is 581. The lowest BCUT2D eigenvalue weighted by Gasteiger charge is -2.13. The van der Waals surface area contributed by atoms with Crippen LogP contribution in [0, 0.1) is 5.92 Å². The molecule has 0 aliphatic heterocycles. The van der Waals surface area contributed by atoms with Gasteiger partial charge in [0.2, 0.25) is 0 Å². The molecule has 4 nitrogen and oxygen atoms in total. The number of nitrogens with zero attached hydrogens (tertiary/aromatic N) is 1. The van der Waals surface area contributed by atoms with Gasteiger partial charge in [0.05, 0.1) is 6.61 Å². The summed E-state index contributed by atoms with van der Waals surface area (Å²) >= 11 is 0. The summed E-state index contributed by atoms with van der Waals surface area (Å²) in [6.45, 7) is 0.729. The Kier molecular flexibility index (Phi) is 4.24. The molecule has 0 saturated heterocycles. The van der Waals surface area contributed by atoms with Crippen LogP contribution in [0.15, 0.2) is 42.6 Å². The molecule has 21 heavy (non-hydrogen) atoms. The van der Waals surface area contributed by atoms with Crippen LogP contribution in [0.2, 0.25) is 0 Å². The summed E-state index contributed by atoms with van der Waals surface area (Å²) in [7, 11) is 0. The quantitative estimate of drug-likeness (QED) is 0.868. The smallest absolute Gasteiger partial charge is 0.130 e. The molecule has 0 radical (unpaired) electrons. The highest BCUT2D eigenvalue weighted by Gasteiger charge is 2.15. The Labute approximate surface area is 124 Å². The van der Waals surface area contributed by atoms with Gasteiger partial charge in [-0.2, -0.15) is 0 Å². The van der Waals surface area contributed by atoms with Gasteiger partial charge in [-0.25, -0.2) is 4.98 Å².